The Kier molecular flexibility index (Phi) is 5.79. The first kappa shape index (κ1) is 15.7. The molecule has 20 heavy (non-hydrogen) atoms. The number of hydrogen-bond donors (Lipinski definition) is 0. The molecule has 0 radical (unpaired) electrons. The van der Waals surface area contributed by atoms with Crippen molar-refractivity contribution in [1.82, 2.24) is 4.90 Å². The average Bonchev–Trinajstić information content (AvgIpc) is 2.42. The summed E-state index contributed by atoms with van der Waals surface area (Å²) in [4.78, 5) is 13.7. The van der Waals surface area contributed by atoms with Crippen molar-refractivity contribution >= 4 is 21.7 Å². The molecule has 2 nitrogen and oxygen atoms in total. The van der Waals surface area contributed by atoms with Gasteiger partial charge in [0.05, 0.1) is 0 Å². The van der Waals surface area contributed by atoms with Crippen LogP contribution in [-0.2, 0) is 11.2 Å². The van der Waals surface area contributed by atoms with Crippen LogP contribution in [0.3, 0.4) is 0 Å². The van der Waals surface area contributed by atoms with Gasteiger partial charge in [-0.15, -0.1) is 0 Å². The first-order chi connectivity index (χ1) is 9.54. The highest BCUT2D eigenvalue weighted by atomic mass is 79.9. The predicted molar refractivity (Wildman–Crippen MR) is 87.0 cm³/mol. The molecule has 0 aliphatic heterocycles. The van der Waals surface area contributed by atoms with E-state index in [9.17, 15) is 4.79 Å². The number of rotatable bonds is 5. The third kappa shape index (κ3) is 4.71. The summed E-state index contributed by atoms with van der Waals surface area (Å²) >= 11 is 3.54. The zero-order valence-electron chi connectivity index (χ0n) is 12.5. The fraction of sp³-hybridized carbons (Fsp3) is 0.588. The molecule has 1 saturated carbocycles. The molecule has 0 amide bonds. The minimum atomic E-state index is 0.452. The summed E-state index contributed by atoms with van der Waals surface area (Å²) in [5.41, 5.74) is 2.79. The molecule has 110 valence electrons. The molecule has 1 aromatic rings. The molecule has 0 unspecified atom stereocenters. The van der Waals surface area contributed by atoms with Crippen molar-refractivity contribution in [3.05, 3.63) is 33.8 Å². The van der Waals surface area contributed by atoms with Crippen molar-refractivity contribution in [3.8, 4) is 0 Å². The van der Waals surface area contributed by atoms with Crippen molar-refractivity contribution in [1.29, 1.82) is 0 Å². The normalized spacial score (nSPS) is 16.9. The van der Waals surface area contributed by atoms with Gasteiger partial charge in [-0.1, -0.05) is 22.0 Å². The third-order valence-corrected chi connectivity index (χ3v) is 4.80. The second-order valence-electron chi connectivity index (χ2n) is 6.07. The summed E-state index contributed by atoms with van der Waals surface area (Å²) in [6.07, 6.45) is 4.85. The molecule has 0 N–H and O–H groups in total. The second-order valence-corrected chi connectivity index (χ2v) is 6.98. The molecule has 0 bridgehead atoms. The maximum Gasteiger partial charge on any atom is 0.132 e. The number of nitrogens with zero attached hydrogens (tertiary/aromatic N) is 1. The van der Waals surface area contributed by atoms with E-state index >= 15 is 0 Å². The summed E-state index contributed by atoms with van der Waals surface area (Å²) in [5, 5.41) is 0. The van der Waals surface area contributed by atoms with Crippen LogP contribution < -0.4 is 0 Å². The minimum Gasteiger partial charge on any atom is -0.306 e. The van der Waals surface area contributed by atoms with Gasteiger partial charge >= 0.3 is 0 Å². The topological polar surface area (TPSA) is 20.3 Å². The quantitative estimate of drug-likeness (QED) is 0.809. The second kappa shape index (κ2) is 7.37. The van der Waals surface area contributed by atoms with Crippen LogP contribution in [0.4, 0.5) is 0 Å². The molecule has 0 spiro atoms. The number of aryl methyl sites for hydroxylation is 1. The third-order valence-electron chi connectivity index (χ3n) is 4.31. The average molecular weight is 338 g/mol. The molecular weight excluding hydrogens is 314 g/mol. The van der Waals surface area contributed by atoms with Gasteiger partial charge in [-0.25, -0.2) is 0 Å². The lowest BCUT2D eigenvalue weighted by atomic mass is 9.88. The monoisotopic (exact) mass is 337 g/mol. The van der Waals surface area contributed by atoms with E-state index in [0.717, 1.165) is 49.7 Å². The summed E-state index contributed by atoms with van der Waals surface area (Å²) in [6.45, 7) is 4.39. The van der Waals surface area contributed by atoms with E-state index in [2.05, 4.69) is 53.0 Å². The highest BCUT2D eigenvalue weighted by Gasteiger charge is 2.19. The van der Waals surface area contributed by atoms with E-state index in [0.29, 0.717) is 11.7 Å². The standard InChI is InChI=1S/C17H24BrNO/c1-13-3-6-16(18)11-15(13)9-10-19(2)12-14-4-7-17(20)8-5-14/h3,6,11,14H,4-5,7-10,12H2,1-2H3. The Balaban J connectivity index is 1.78. The zero-order valence-corrected chi connectivity index (χ0v) is 14.1. The van der Waals surface area contributed by atoms with Crippen LogP contribution in [0, 0.1) is 12.8 Å². The fourth-order valence-corrected chi connectivity index (χ4v) is 3.34. The maximum absolute atomic E-state index is 11.3. The number of carbonyl (C=O) groups excluding carboxylic acids is 1. The number of likely N-dealkylation sites (N-methyl/N-ethyl adjacent to an activating group) is 1. The van der Waals surface area contributed by atoms with Crippen molar-refractivity contribution in [2.45, 2.75) is 39.0 Å². The summed E-state index contributed by atoms with van der Waals surface area (Å²) in [6, 6.07) is 6.50. The Morgan fingerprint density at radius 1 is 1.30 bits per heavy atom. The van der Waals surface area contributed by atoms with E-state index in [1.54, 1.807) is 0 Å². The van der Waals surface area contributed by atoms with Gasteiger partial charge in [0.25, 0.3) is 0 Å². The molecule has 0 atom stereocenters. The number of benzene rings is 1. The van der Waals surface area contributed by atoms with Gasteiger partial charge < -0.3 is 4.90 Å². The predicted octanol–water partition coefficient (Wildman–Crippen LogP) is 3.99. The highest BCUT2D eigenvalue weighted by Crippen LogP contribution is 2.22. The lowest BCUT2D eigenvalue weighted by molar-refractivity contribution is -0.121. The Labute approximate surface area is 130 Å². The van der Waals surface area contributed by atoms with E-state index in [4.69, 9.17) is 0 Å². The van der Waals surface area contributed by atoms with Crippen LogP contribution in [0.1, 0.15) is 36.8 Å². The first-order valence-corrected chi connectivity index (χ1v) is 8.29. The summed E-state index contributed by atoms with van der Waals surface area (Å²) in [5.74, 6) is 1.16. The van der Waals surface area contributed by atoms with Crippen LogP contribution in [-0.4, -0.2) is 30.8 Å². The van der Waals surface area contributed by atoms with E-state index < -0.39 is 0 Å². The zero-order chi connectivity index (χ0) is 14.5. The molecule has 1 fully saturated rings. The molecule has 2 rings (SSSR count). The molecule has 1 aromatic carbocycles. The highest BCUT2D eigenvalue weighted by molar-refractivity contribution is 9.10. The fourth-order valence-electron chi connectivity index (χ4n) is 2.93. The van der Waals surface area contributed by atoms with E-state index in [1.165, 1.54) is 11.1 Å². The van der Waals surface area contributed by atoms with Gasteiger partial charge in [0.1, 0.15) is 5.78 Å². The number of halogens is 1. The molecule has 0 aromatic heterocycles. The molecule has 1 aliphatic rings. The van der Waals surface area contributed by atoms with Crippen LogP contribution in [0.25, 0.3) is 0 Å². The number of hydrogen-bond acceptors (Lipinski definition) is 2. The smallest absolute Gasteiger partial charge is 0.132 e. The number of Topliss-reactive ketones (excluding diaryl/α,β-unsaturated/α-hetero) is 1. The van der Waals surface area contributed by atoms with Crippen LogP contribution in [0.15, 0.2) is 22.7 Å². The summed E-state index contributed by atoms with van der Waals surface area (Å²) < 4.78 is 1.16. The van der Waals surface area contributed by atoms with Gasteiger partial charge in [0, 0.05) is 30.4 Å². The van der Waals surface area contributed by atoms with Gasteiger partial charge in [-0.05, 0) is 62.4 Å². The SMILES string of the molecule is Cc1ccc(Br)cc1CCN(C)CC1CCC(=O)CC1. The molecule has 0 heterocycles. The van der Waals surface area contributed by atoms with Crippen LogP contribution >= 0.6 is 15.9 Å². The Morgan fingerprint density at radius 2 is 2.00 bits per heavy atom. The maximum atomic E-state index is 11.3. The van der Waals surface area contributed by atoms with Crippen molar-refractivity contribution < 1.29 is 4.79 Å². The largest absolute Gasteiger partial charge is 0.306 e. The van der Waals surface area contributed by atoms with Gasteiger partial charge in [-0.2, -0.15) is 0 Å². The van der Waals surface area contributed by atoms with Crippen molar-refractivity contribution in [3.63, 3.8) is 0 Å². The molecule has 0 saturated heterocycles. The molecule has 1 aliphatic carbocycles. The van der Waals surface area contributed by atoms with Crippen LogP contribution in [0.2, 0.25) is 0 Å². The lowest BCUT2D eigenvalue weighted by Gasteiger charge is -2.26. The summed E-state index contributed by atoms with van der Waals surface area (Å²) in [7, 11) is 2.20. The van der Waals surface area contributed by atoms with Crippen molar-refractivity contribution in [2.24, 2.45) is 5.92 Å². The molecular formula is C17H24BrNO. The van der Waals surface area contributed by atoms with Crippen LogP contribution in [0.5, 0.6) is 0 Å². The molecule has 3 heteroatoms. The Bertz CT molecular complexity index is 462. The van der Waals surface area contributed by atoms with Gasteiger partial charge in [0.2, 0.25) is 0 Å². The van der Waals surface area contributed by atoms with Gasteiger partial charge in [-0.3, -0.25) is 4.79 Å². The van der Waals surface area contributed by atoms with E-state index in [1.807, 2.05) is 0 Å². The minimum absolute atomic E-state index is 0.452. The van der Waals surface area contributed by atoms with Crippen molar-refractivity contribution in [2.75, 3.05) is 20.1 Å². The number of ketones is 1. The Morgan fingerprint density at radius 3 is 2.70 bits per heavy atom. The van der Waals surface area contributed by atoms with Gasteiger partial charge in [0.15, 0.2) is 0 Å². The van der Waals surface area contributed by atoms with E-state index in [-0.39, 0.29) is 0 Å². The Hall–Kier alpha value is -0.670. The first-order valence-electron chi connectivity index (χ1n) is 7.50. The lowest BCUT2D eigenvalue weighted by Crippen LogP contribution is -2.30. The number of carbonyl (C=O) groups is 1.